The summed E-state index contributed by atoms with van der Waals surface area (Å²) >= 11 is 1.61. The predicted molar refractivity (Wildman–Crippen MR) is 114 cm³/mol. The maximum absolute atomic E-state index is 12.8. The van der Waals surface area contributed by atoms with E-state index < -0.39 is 0 Å². The number of nitrogens with zero attached hydrogens (tertiary/aromatic N) is 4. The number of carbonyl (C=O) groups excluding carboxylic acids is 1. The molecule has 28 heavy (non-hydrogen) atoms. The van der Waals surface area contributed by atoms with E-state index in [1.165, 1.54) is 11.3 Å². The summed E-state index contributed by atoms with van der Waals surface area (Å²) in [7, 11) is 0. The van der Waals surface area contributed by atoms with Gasteiger partial charge in [0.15, 0.2) is 0 Å². The Morgan fingerprint density at radius 2 is 1.82 bits per heavy atom. The van der Waals surface area contributed by atoms with Crippen molar-refractivity contribution in [2.75, 3.05) is 31.1 Å². The van der Waals surface area contributed by atoms with Crippen molar-refractivity contribution >= 4 is 22.9 Å². The van der Waals surface area contributed by atoms with E-state index in [1.807, 2.05) is 24.0 Å². The monoisotopic (exact) mass is 392 g/mol. The minimum absolute atomic E-state index is 0.192. The van der Waals surface area contributed by atoms with Gasteiger partial charge in [-0.05, 0) is 43.7 Å². The maximum Gasteiger partial charge on any atom is 0.228 e. The number of piperazine rings is 1. The Balaban J connectivity index is 1.38. The Morgan fingerprint density at radius 3 is 2.54 bits per heavy atom. The molecule has 1 amide bonds. The first kappa shape index (κ1) is 18.6. The zero-order valence-corrected chi connectivity index (χ0v) is 17.1. The average molecular weight is 393 g/mol. The van der Waals surface area contributed by atoms with Crippen LogP contribution in [0.4, 0.5) is 5.69 Å². The third-order valence-electron chi connectivity index (χ3n) is 5.13. The van der Waals surface area contributed by atoms with Crippen molar-refractivity contribution in [3.05, 3.63) is 64.9 Å². The lowest BCUT2D eigenvalue weighted by Gasteiger charge is -2.36. The van der Waals surface area contributed by atoms with E-state index in [9.17, 15) is 4.79 Å². The molecule has 0 aliphatic carbocycles. The Labute approximate surface area is 169 Å². The molecule has 1 saturated heterocycles. The van der Waals surface area contributed by atoms with Crippen LogP contribution in [0.15, 0.2) is 48.8 Å². The highest BCUT2D eigenvalue weighted by molar-refractivity contribution is 7.15. The van der Waals surface area contributed by atoms with Crippen LogP contribution in [-0.4, -0.2) is 47.0 Å². The highest BCUT2D eigenvalue weighted by atomic mass is 32.1. The minimum atomic E-state index is 0.192. The number of benzene rings is 1. The Kier molecular flexibility index (Phi) is 5.39. The SMILES string of the molecule is Cc1cccc(N2CCN(C(=O)Cc3sc(-c4ccncc4)nc3C)CC2)c1. The molecule has 1 aromatic carbocycles. The molecule has 0 unspecified atom stereocenters. The van der Waals surface area contributed by atoms with Crippen LogP contribution in [0, 0.1) is 13.8 Å². The van der Waals surface area contributed by atoms with Gasteiger partial charge in [0.2, 0.25) is 5.91 Å². The van der Waals surface area contributed by atoms with Gasteiger partial charge in [-0.25, -0.2) is 4.98 Å². The van der Waals surface area contributed by atoms with E-state index in [0.29, 0.717) is 6.42 Å². The van der Waals surface area contributed by atoms with Crippen molar-refractivity contribution in [1.82, 2.24) is 14.9 Å². The van der Waals surface area contributed by atoms with Crippen LogP contribution in [0.5, 0.6) is 0 Å². The van der Waals surface area contributed by atoms with Crippen molar-refractivity contribution in [3.63, 3.8) is 0 Å². The molecule has 0 saturated carbocycles. The number of rotatable bonds is 4. The molecule has 0 atom stereocenters. The number of aryl methyl sites for hydroxylation is 2. The fourth-order valence-corrected chi connectivity index (χ4v) is 4.56. The zero-order chi connectivity index (χ0) is 19.5. The molecule has 3 aromatic rings. The van der Waals surface area contributed by atoms with Gasteiger partial charge in [0, 0.05) is 54.7 Å². The van der Waals surface area contributed by atoms with Gasteiger partial charge in [-0.15, -0.1) is 11.3 Å². The summed E-state index contributed by atoms with van der Waals surface area (Å²) in [5.41, 5.74) is 4.51. The first-order valence-corrected chi connectivity index (χ1v) is 10.4. The number of hydrogen-bond donors (Lipinski definition) is 0. The molecule has 1 aliphatic heterocycles. The molecule has 0 bridgehead atoms. The fourth-order valence-electron chi connectivity index (χ4n) is 3.50. The number of pyridine rings is 1. The molecule has 1 aliphatic rings. The first-order chi connectivity index (χ1) is 13.6. The van der Waals surface area contributed by atoms with E-state index >= 15 is 0 Å². The molecular formula is C22H24N4OS. The topological polar surface area (TPSA) is 49.3 Å². The largest absolute Gasteiger partial charge is 0.368 e. The van der Waals surface area contributed by atoms with E-state index in [1.54, 1.807) is 23.7 Å². The molecule has 0 spiro atoms. The van der Waals surface area contributed by atoms with Crippen LogP contribution in [-0.2, 0) is 11.2 Å². The molecule has 3 heterocycles. The fraction of sp³-hybridized carbons (Fsp3) is 0.318. The predicted octanol–water partition coefficient (Wildman–Crippen LogP) is 3.71. The van der Waals surface area contributed by atoms with Gasteiger partial charge in [0.05, 0.1) is 12.1 Å². The van der Waals surface area contributed by atoms with Crippen molar-refractivity contribution in [3.8, 4) is 10.6 Å². The molecule has 144 valence electrons. The molecule has 6 heteroatoms. The Morgan fingerprint density at radius 1 is 1.07 bits per heavy atom. The number of carbonyl (C=O) groups is 1. The average Bonchev–Trinajstić information content (AvgIpc) is 3.09. The van der Waals surface area contributed by atoms with Crippen LogP contribution < -0.4 is 4.90 Å². The third kappa shape index (κ3) is 4.07. The summed E-state index contributed by atoms with van der Waals surface area (Å²) in [5.74, 6) is 0.192. The highest BCUT2D eigenvalue weighted by Gasteiger charge is 2.23. The van der Waals surface area contributed by atoms with Crippen LogP contribution in [0.1, 0.15) is 16.1 Å². The molecule has 0 N–H and O–H groups in total. The van der Waals surface area contributed by atoms with E-state index in [4.69, 9.17) is 0 Å². The Bertz CT molecular complexity index is 962. The molecule has 5 nitrogen and oxygen atoms in total. The second-order valence-electron chi connectivity index (χ2n) is 7.15. The second kappa shape index (κ2) is 8.10. The zero-order valence-electron chi connectivity index (χ0n) is 16.3. The summed E-state index contributed by atoms with van der Waals surface area (Å²) < 4.78 is 0. The van der Waals surface area contributed by atoms with Gasteiger partial charge in [-0.1, -0.05) is 12.1 Å². The number of aromatic nitrogens is 2. The number of amides is 1. The lowest BCUT2D eigenvalue weighted by molar-refractivity contribution is -0.130. The molecular weight excluding hydrogens is 368 g/mol. The summed E-state index contributed by atoms with van der Waals surface area (Å²) in [4.78, 5) is 26.9. The number of anilines is 1. The normalized spacial score (nSPS) is 14.4. The van der Waals surface area contributed by atoms with Gasteiger partial charge >= 0.3 is 0 Å². The molecule has 0 radical (unpaired) electrons. The van der Waals surface area contributed by atoms with E-state index in [0.717, 1.165) is 47.3 Å². The first-order valence-electron chi connectivity index (χ1n) is 9.56. The summed E-state index contributed by atoms with van der Waals surface area (Å²) in [6, 6.07) is 12.5. The number of thiazole rings is 1. The van der Waals surface area contributed by atoms with Gasteiger partial charge in [-0.3, -0.25) is 9.78 Å². The van der Waals surface area contributed by atoms with Crippen LogP contribution in [0.25, 0.3) is 10.6 Å². The quantitative estimate of drug-likeness (QED) is 0.679. The Hall–Kier alpha value is -2.73. The standard InChI is InChI=1S/C22H24N4OS/c1-16-4-3-5-19(14-16)25-10-12-26(13-11-25)21(27)15-20-17(2)24-22(28-20)18-6-8-23-9-7-18/h3-9,14H,10-13,15H2,1-2H3. The lowest BCUT2D eigenvalue weighted by Crippen LogP contribution is -2.49. The third-order valence-corrected chi connectivity index (χ3v) is 6.34. The van der Waals surface area contributed by atoms with Crippen molar-refractivity contribution in [2.45, 2.75) is 20.3 Å². The summed E-state index contributed by atoms with van der Waals surface area (Å²) in [6.07, 6.45) is 3.97. The van der Waals surface area contributed by atoms with E-state index in [2.05, 4.69) is 46.1 Å². The van der Waals surface area contributed by atoms with Crippen LogP contribution in [0.2, 0.25) is 0 Å². The molecule has 1 fully saturated rings. The number of hydrogen-bond acceptors (Lipinski definition) is 5. The summed E-state index contributed by atoms with van der Waals surface area (Å²) in [6.45, 7) is 7.38. The maximum atomic E-state index is 12.8. The minimum Gasteiger partial charge on any atom is -0.368 e. The summed E-state index contributed by atoms with van der Waals surface area (Å²) in [5, 5.41) is 0.951. The molecule has 2 aromatic heterocycles. The smallest absolute Gasteiger partial charge is 0.228 e. The van der Waals surface area contributed by atoms with Crippen molar-refractivity contribution < 1.29 is 4.79 Å². The van der Waals surface area contributed by atoms with Gasteiger partial charge < -0.3 is 9.80 Å². The van der Waals surface area contributed by atoms with Crippen LogP contribution in [0.3, 0.4) is 0 Å². The van der Waals surface area contributed by atoms with Gasteiger partial charge in [-0.2, -0.15) is 0 Å². The second-order valence-corrected chi connectivity index (χ2v) is 8.23. The van der Waals surface area contributed by atoms with Crippen molar-refractivity contribution in [2.24, 2.45) is 0 Å². The van der Waals surface area contributed by atoms with Crippen LogP contribution >= 0.6 is 11.3 Å². The van der Waals surface area contributed by atoms with Crippen molar-refractivity contribution in [1.29, 1.82) is 0 Å². The lowest BCUT2D eigenvalue weighted by atomic mass is 10.2. The van der Waals surface area contributed by atoms with Gasteiger partial charge in [0.1, 0.15) is 5.01 Å². The molecule has 4 rings (SSSR count). The van der Waals surface area contributed by atoms with Gasteiger partial charge in [0.25, 0.3) is 0 Å². The van der Waals surface area contributed by atoms with E-state index in [-0.39, 0.29) is 5.91 Å². The highest BCUT2D eigenvalue weighted by Crippen LogP contribution is 2.28.